The van der Waals surface area contributed by atoms with E-state index in [2.05, 4.69) is 85.0 Å². The summed E-state index contributed by atoms with van der Waals surface area (Å²) in [5.74, 6) is 0. The molecule has 1 aliphatic heterocycles. The van der Waals surface area contributed by atoms with E-state index in [1.54, 1.807) is 0 Å². The standard InChI is InChI=1S/C24H25N/c1-2-3-7-18-10-15-23-22(16-18)17-24(25-23)21-13-11-20(12-14-21)19-8-5-4-6-9-19/h4-6,8-16,24-25H,2-3,7,17H2,1H3. The van der Waals surface area contributed by atoms with Gasteiger partial charge in [0, 0.05) is 5.69 Å². The molecule has 0 radical (unpaired) electrons. The largest absolute Gasteiger partial charge is 0.378 e. The minimum Gasteiger partial charge on any atom is -0.378 e. The predicted molar refractivity (Wildman–Crippen MR) is 107 cm³/mol. The Morgan fingerprint density at radius 2 is 1.64 bits per heavy atom. The Morgan fingerprint density at radius 1 is 0.880 bits per heavy atom. The number of rotatable bonds is 5. The lowest BCUT2D eigenvalue weighted by Crippen LogP contribution is -2.05. The van der Waals surface area contributed by atoms with Crippen molar-refractivity contribution in [3.63, 3.8) is 0 Å². The van der Waals surface area contributed by atoms with Gasteiger partial charge in [0.05, 0.1) is 6.04 Å². The van der Waals surface area contributed by atoms with Gasteiger partial charge in [0.15, 0.2) is 0 Å². The molecule has 1 unspecified atom stereocenters. The molecule has 0 aromatic heterocycles. The number of nitrogens with one attached hydrogen (secondary N) is 1. The maximum absolute atomic E-state index is 3.69. The predicted octanol–water partition coefficient (Wildman–Crippen LogP) is 6.41. The smallest absolute Gasteiger partial charge is 0.0555 e. The molecule has 0 amide bonds. The van der Waals surface area contributed by atoms with Crippen LogP contribution in [0.25, 0.3) is 11.1 Å². The average Bonchev–Trinajstić information content (AvgIpc) is 3.10. The van der Waals surface area contributed by atoms with E-state index in [1.807, 2.05) is 0 Å². The molecule has 1 nitrogen and oxygen atoms in total. The number of aryl methyl sites for hydroxylation is 1. The van der Waals surface area contributed by atoms with E-state index in [9.17, 15) is 0 Å². The molecule has 3 aromatic rings. The highest BCUT2D eigenvalue weighted by atomic mass is 14.9. The molecule has 1 aliphatic rings. The summed E-state index contributed by atoms with van der Waals surface area (Å²) in [4.78, 5) is 0. The topological polar surface area (TPSA) is 12.0 Å². The molecule has 1 heterocycles. The SMILES string of the molecule is CCCCc1ccc2c(c1)CC(c1ccc(-c3ccccc3)cc1)N2. The molecule has 1 N–H and O–H groups in total. The van der Waals surface area contributed by atoms with Gasteiger partial charge in [-0.05, 0) is 53.1 Å². The molecule has 3 aromatic carbocycles. The zero-order valence-electron chi connectivity index (χ0n) is 14.8. The lowest BCUT2D eigenvalue weighted by Gasteiger charge is -2.12. The molecule has 0 fully saturated rings. The summed E-state index contributed by atoms with van der Waals surface area (Å²) in [6.45, 7) is 2.25. The summed E-state index contributed by atoms with van der Waals surface area (Å²) in [5.41, 5.74) is 8.16. The minimum atomic E-state index is 0.390. The van der Waals surface area contributed by atoms with Crippen LogP contribution in [0.5, 0.6) is 0 Å². The summed E-state index contributed by atoms with van der Waals surface area (Å²) >= 11 is 0. The molecule has 0 spiro atoms. The van der Waals surface area contributed by atoms with Crippen molar-refractivity contribution in [2.45, 2.75) is 38.6 Å². The van der Waals surface area contributed by atoms with Crippen LogP contribution in [0.3, 0.4) is 0 Å². The van der Waals surface area contributed by atoms with Gasteiger partial charge < -0.3 is 5.32 Å². The molecule has 126 valence electrons. The lowest BCUT2D eigenvalue weighted by molar-refractivity contribution is 0.792. The minimum absolute atomic E-state index is 0.390. The van der Waals surface area contributed by atoms with E-state index in [-0.39, 0.29) is 0 Å². The Bertz CT molecular complexity index is 834. The maximum Gasteiger partial charge on any atom is 0.0555 e. The lowest BCUT2D eigenvalue weighted by atomic mass is 9.98. The molecule has 1 atom stereocenters. The maximum atomic E-state index is 3.69. The van der Waals surface area contributed by atoms with Crippen LogP contribution in [0.4, 0.5) is 5.69 Å². The summed E-state index contributed by atoms with van der Waals surface area (Å²) in [7, 11) is 0. The number of hydrogen-bond acceptors (Lipinski definition) is 1. The first-order valence-electron chi connectivity index (χ1n) is 9.37. The molecule has 4 rings (SSSR count). The number of anilines is 1. The van der Waals surface area contributed by atoms with E-state index in [4.69, 9.17) is 0 Å². The van der Waals surface area contributed by atoms with Crippen LogP contribution in [0.2, 0.25) is 0 Å². The first kappa shape index (κ1) is 16.0. The van der Waals surface area contributed by atoms with Crippen molar-refractivity contribution in [1.82, 2.24) is 0 Å². The van der Waals surface area contributed by atoms with Crippen molar-refractivity contribution >= 4 is 5.69 Å². The van der Waals surface area contributed by atoms with Crippen LogP contribution < -0.4 is 5.32 Å². The van der Waals surface area contributed by atoms with E-state index in [0.717, 1.165) is 6.42 Å². The number of fused-ring (bicyclic) bond motifs is 1. The van der Waals surface area contributed by atoms with Gasteiger partial charge in [0.25, 0.3) is 0 Å². The van der Waals surface area contributed by atoms with Gasteiger partial charge in [0.2, 0.25) is 0 Å². The number of unbranched alkanes of at least 4 members (excludes halogenated alkanes) is 1. The summed E-state index contributed by atoms with van der Waals surface area (Å²) < 4.78 is 0. The molecular weight excluding hydrogens is 302 g/mol. The van der Waals surface area contributed by atoms with Crippen LogP contribution in [-0.4, -0.2) is 0 Å². The van der Waals surface area contributed by atoms with Crippen molar-refractivity contribution < 1.29 is 0 Å². The summed E-state index contributed by atoms with van der Waals surface area (Å²) in [5, 5.41) is 3.69. The fourth-order valence-corrected chi connectivity index (χ4v) is 3.69. The number of benzene rings is 3. The second-order valence-corrected chi connectivity index (χ2v) is 6.98. The Balaban J connectivity index is 1.50. The molecule has 0 aliphatic carbocycles. The quantitative estimate of drug-likeness (QED) is 0.571. The van der Waals surface area contributed by atoms with Crippen LogP contribution >= 0.6 is 0 Å². The van der Waals surface area contributed by atoms with Crippen molar-refractivity contribution in [3.05, 3.63) is 89.5 Å². The zero-order chi connectivity index (χ0) is 17.1. The van der Waals surface area contributed by atoms with E-state index in [1.165, 1.54) is 52.8 Å². The second-order valence-electron chi connectivity index (χ2n) is 6.98. The van der Waals surface area contributed by atoms with E-state index < -0.39 is 0 Å². The van der Waals surface area contributed by atoms with Gasteiger partial charge in [-0.15, -0.1) is 0 Å². The molecule has 25 heavy (non-hydrogen) atoms. The van der Waals surface area contributed by atoms with Crippen LogP contribution in [-0.2, 0) is 12.8 Å². The van der Waals surface area contributed by atoms with Gasteiger partial charge in [-0.25, -0.2) is 0 Å². The van der Waals surface area contributed by atoms with Crippen LogP contribution in [0.1, 0.15) is 42.5 Å². The fourth-order valence-electron chi connectivity index (χ4n) is 3.69. The Morgan fingerprint density at radius 3 is 2.40 bits per heavy atom. The van der Waals surface area contributed by atoms with Crippen LogP contribution in [0, 0.1) is 0 Å². The summed E-state index contributed by atoms with van der Waals surface area (Å²) in [6, 6.07) is 26.9. The van der Waals surface area contributed by atoms with Crippen LogP contribution in [0.15, 0.2) is 72.8 Å². The Kier molecular flexibility index (Phi) is 4.56. The first-order chi connectivity index (χ1) is 12.3. The Hall–Kier alpha value is -2.54. The highest BCUT2D eigenvalue weighted by molar-refractivity contribution is 5.64. The van der Waals surface area contributed by atoms with Gasteiger partial charge in [-0.3, -0.25) is 0 Å². The second kappa shape index (κ2) is 7.14. The van der Waals surface area contributed by atoms with Gasteiger partial charge in [-0.1, -0.05) is 80.1 Å². The molecule has 0 saturated carbocycles. The van der Waals surface area contributed by atoms with Crippen molar-refractivity contribution in [2.75, 3.05) is 5.32 Å². The normalized spacial score (nSPS) is 15.6. The Labute approximate surface area is 150 Å². The highest BCUT2D eigenvalue weighted by Gasteiger charge is 2.22. The van der Waals surface area contributed by atoms with Crippen molar-refractivity contribution in [1.29, 1.82) is 0 Å². The molecule has 1 heteroatoms. The zero-order valence-corrected chi connectivity index (χ0v) is 14.8. The third-order valence-electron chi connectivity index (χ3n) is 5.16. The monoisotopic (exact) mass is 327 g/mol. The molecule has 0 bridgehead atoms. The molecule has 0 saturated heterocycles. The average molecular weight is 327 g/mol. The van der Waals surface area contributed by atoms with Gasteiger partial charge in [0.1, 0.15) is 0 Å². The van der Waals surface area contributed by atoms with Gasteiger partial charge in [-0.2, -0.15) is 0 Å². The van der Waals surface area contributed by atoms with Gasteiger partial charge >= 0.3 is 0 Å². The third-order valence-corrected chi connectivity index (χ3v) is 5.16. The van der Waals surface area contributed by atoms with Crippen molar-refractivity contribution in [2.24, 2.45) is 0 Å². The molecular formula is C24H25N. The first-order valence-corrected chi connectivity index (χ1v) is 9.37. The van der Waals surface area contributed by atoms with E-state index in [0.29, 0.717) is 6.04 Å². The highest BCUT2D eigenvalue weighted by Crippen LogP contribution is 2.35. The van der Waals surface area contributed by atoms with Crippen molar-refractivity contribution in [3.8, 4) is 11.1 Å². The summed E-state index contributed by atoms with van der Waals surface area (Å²) in [6.07, 6.45) is 4.81. The number of hydrogen-bond donors (Lipinski definition) is 1. The fraction of sp³-hybridized carbons (Fsp3) is 0.250. The third kappa shape index (κ3) is 3.46. The van der Waals surface area contributed by atoms with E-state index >= 15 is 0 Å².